The number of halogens is 1. The first kappa shape index (κ1) is 16.8. The Kier molecular flexibility index (Phi) is 7.07. The molecule has 1 unspecified atom stereocenters. The second-order valence-corrected chi connectivity index (χ2v) is 7.43. The molecule has 1 aromatic rings. The second-order valence-electron chi connectivity index (χ2n) is 5.43. The summed E-state index contributed by atoms with van der Waals surface area (Å²) < 4.78 is 1.11. The number of hydrogen-bond acceptors (Lipinski definition) is 3. The number of nitrogens with one attached hydrogen (secondary N) is 1. The molecule has 1 aliphatic rings. The van der Waals surface area contributed by atoms with Crippen molar-refractivity contribution in [2.75, 3.05) is 32.4 Å². The SMILES string of the molecule is CNCC1CCCN(C(=O)CCSc2ccccc2Br)C1. The molecule has 5 heteroatoms. The molecule has 0 aliphatic carbocycles. The van der Waals surface area contributed by atoms with Crippen LogP contribution < -0.4 is 5.32 Å². The average Bonchev–Trinajstić information content (AvgIpc) is 2.50. The van der Waals surface area contributed by atoms with Gasteiger partial charge in [-0.25, -0.2) is 0 Å². The summed E-state index contributed by atoms with van der Waals surface area (Å²) in [6, 6.07) is 8.16. The van der Waals surface area contributed by atoms with E-state index in [1.807, 2.05) is 30.1 Å². The summed E-state index contributed by atoms with van der Waals surface area (Å²) in [5.74, 6) is 1.76. The van der Waals surface area contributed by atoms with Gasteiger partial charge in [0, 0.05) is 34.6 Å². The first-order chi connectivity index (χ1) is 10.2. The fraction of sp³-hybridized carbons (Fsp3) is 0.562. The number of likely N-dealkylation sites (tertiary alicyclic amines) is 1. The molecular weight excluding hydrogens is 348 g/mol. The van der Waals surface area contributed by atoms with Gasteiger partial charge < -0.3 is 10.2 Å². The van der Waals surface area contributed by atoms with Gasteiger partial charge in [0.25, 0.3) is 0 Å². The predicted molar refractivity (Wildman–Crippen MR) is 92.7 cm³/mol. The maximum atomic E-state index is 12.3. The molecule has 0 bridgehead atoms. The fourth-order valence-corrected chi connectivity index (χ4v) is 4.22. The van der Waals surface area contributed by atoms with E-state index in [4.69, 9.17) is 0 Å². The summed E-state index contributed by atoms with van der Waals surface area (Å²) in [4.78, 5) is 15.6. The third-order valence-electron chi connectivity index (χ3n) is 3.77. The number of carbonyl (C=O) groups excluding carboxylic acids is 1. The van der Waals surface area contributed by atoms with Gasteiger partial charge in [-0.2, -0.15) is 0 Å². The van der Waals surface area contributed by atoms with E-state index < -0.39 is 0 Å². The first-order valence-electron chi connectivity index (χ1n) is 7.50. The Bertz CT molecular complexity index is 467. The average molecular weight is 371 g/mol. The van der Waals surface area contributed by atoms with Crippen molar-refractivity contribution in [1.82, 2.24) is 10.2 Å². The van der Waals surface area contributed by atoms with Gasteiger partial charge in [-0.1, -0.05) is 12.1 Å². The molecule has 2 rings (SSSR count). The van der Waals surface area contributed by atoms with Crippen LogP contribution in [0.2, 0.25) is 0 Å². The van der Waals surface area contributed by atoms with Gasteiger partial charge >= 0.3 is 0 Å². The van der Waals surface area contributed by atoms with E-state index in [9.17, 15) is 4.79 Å². The molecule has 0 spiro atoms. The van der Waals surface area contributed by atoms with Crippen molar-refractivity contribution >= 4 is 33.6 Å². The van der Waals surface area contributed by atoms with Crippen molar-refractivity contribution in [3.05, 3.63) is 28.7 Å². The number of nitrogens with zero attached hydrogens (tertiary/aromatic N) is 1. The number of benzene rings is 1. The molecule has 1 amide bonds. The van der Waals surface area contributed by atoms with Crippen LogP contribution in [0.4, 0.5) is 0 Å². The zero-order chi connectivity index (χ0) is 15.1. The highest BCUT2D eigenvalue weighted by atomic mass is 79.9. The van der Waals surface area contributed by atoms with Crippen molar-refractivity contribution in [1.29, 1.82) is 0 Å². The van der Waals surface area contributed by atoms with Gasteiger partial charge in [0.15, 0.2) is 0 Å². The Morgan fingerprint density at radius 3 is 3.05 bits per heavy atom. The largest absolute Gasteiger partial charge is 0.342 e. The van der Waals surface area contributed by atoms with Crippen LogP contribution in [0.15, 0.2) is 33.6 Å². The van der Waals surface area contributed by atoms with Crippen LogP contribution in [-0.2, 0) is 4.79 Å². The summed E-state index contributed by atoms with van der Waals surface area (Å²) in [5.41, 5.74) is 0. The highest BCUT2D eigenvalue weighted by Crippen LogP contribution is 2.27. The summed E-state index contributed by atoms with van der Waals surface area (Å²) >= 11 is 5.29. The summed E-state index contributed by atoms with van der Waals surface area (Å²) in [6.45, 7) is 2.85. The minimum absolute atomic E-state index is 0.301. The van der Waals surface area contributed by atoms with E-state index >= 15 is 0 Å². The molecular formula is C16H23BrN2OS. The lowest BCUT2D eigenvalue weighted by Crippen LogP contribution is -2.42. The van der Waals surface area contributed by atoms with Crippen LogP contribution in [0.3, 0.4) is 0 Å². The third kappa shape index (κ3) is 5.31. The number of hydrogen-bond donors (Lipinski definition) is 1. The van der Waals surface area contributed by atoms with E-state index in [0.717, 1.165) is 36.3 Å². The van der Waals surface area contributed by atoms with Crippen LogP contribution >= 0.6 is 27.7 Å². The highest BCUT2D eigenvalue weighted by molar-refractivity contribution is 9.10. The number of carbonyl (C=O) groups is 1. The third-order valence-corrected chi connectivity index (χ3v) is 5.80. The zero-order valence-electron chi connectivity index (χ0n) is 12.5. The predicted octanol–water partition coefficient (Wildman–Crippen LogP) is 3.39. The van der Waals surface area contributed by atoms with Crippen LogP contribution in [0.1, 0.15) is 19.3 Å². The molecule has 116 valence electrons. The van der Waals surface area contributed by atoms with Crippen molar-refractivity contribution in [2.45, 2.75) is 24.2 Å². The van der Waals surface area contributed by atoms with Gasteiger partial charge in [0.1, 0.15) is 0 Å². The Balaban J connectivity index is 1.75. The van der Waals surface area contributed by atoms with E-state index in [1.54, 1.807) is 11.8 Å². The quantitative estimate of drug-likeness (QED) is 0.778. The molecule has 1 heterocycles. The van der Waals surface area contributed by atoms with Gasteiger partial charge in [0.05, 0.1) is 0 Å². The van der Waals surface area contributed by atoms with Crippen LogP contribution in [0, 0.1) is 5.92 Å². The van der Waals surface area contributed by atoms with Crippen LogP contribution in [-0.4, -0.2) is 43.2 Å². The molecule has 1 saturated heterocycles. The van der Waals surface area contributed by atoms with Crippen molar-refractivity contribution in [3.8, 4) is 0 Å². The minimum atomic E-state index is 0.301. The lowest BCUT2D eigenvalue weighted by Gasteiger charge is -2.32. The van der Waals surface area contributed by atoms with Gasteiger partial charge in [-0.15, -0.1) is 11.8 Å². The molecule has 1 N–H and O–H groups in total. The standard InChI is InChI=1S/C16H23BrN2OS/c1-18-11-13-5-4-9-19(12-13)16(20)8-10-21-15-7-3-2-6-14(15)17/h2-3,6-7,13,18H,4-5,8-12H2,1H3. The number of amides is 1. The maximum absolute atomic E-state index is 12.3. The highest BCUT2D eigenvalue weighted by Gasteiger charge is 2.22. The van der Waals surface area contributed by atoms with E-state index in [2.05, 4.69) is 27.3 Å². The van der Waals surface area contributed by atoms with Gasteiger partial charge in [-0.05, 0) is 60.4 Å². The Morgan fingerprint density at radius 1 is 1.48 bits per heavy atom. The smallest absolute Gasteiger partial charge is 0.223 e. The molecule has 1 atom stereocenters. The Labute approximate surface area is 140 Å². The molecule has 1 aliphatic heterocycles. The van der Waals surface area contributed by atoms with E-state index in [0.29, 0.717) is 18.2 Å². The van der Waals surface area contributed by atoms with Crippen LogP contribution in [0.25, 0.3) is 0 Å². The van der Waals surface area contributed by atoms with Crippen molar-refractivity contribution in [2.24, 2.45) is 5.92 Å². The Hall–Kier alpha value is -0.520. The second kappa shape index (κ2) is 8.81. The summed E-state index contributed by atoms with van der Waals surface area (Å²) in [5, 5.41) is 3.22. The lowest BCUT2D eigenvalue weighted by atomic mass is 9.98. The van der Waals surface area contributed by atoms with Gasteiger partial charge in [-0.3, -0.25) is 4.79 Å². The normalized spacial score (nSPS) is 18.8. The molecule has 0 radical (unpaired) electrons. The van der Waals surface area contributed by atoms with Crippen molar-refractivity contribution in [3.63, 3.8) is 0 Å². The molecule has 1 fully saturated rings. The van der Waals surface area contributed by atoms with Crippen molar-refractivity contribution < 1.29 is 4.79 Å². The minimum Gasteiger partial charge on any atom is -0.342 e. The molecule has 3 nitrogen and oxygen atoms in total. The fourth-order valence-electron chi connectivity index (χ4n) is 2.72. The van der Waals surface area contributed by atoms with Crippen LogP contribution in [0.5, 0.6) is 0 Å². The number of thioether (sulfide) groups is 1. The number of rotatable bonds is 6. The first-order valence-corrected chi connectivity index (χ1v) is 9.28. The van der Waals surface area contributed by atoms with E-state index in [-0.39, 0.29) is 0 Å². The lowest BCUT2D eigenvalue weighted by molar-refractivity contribution is -0.132. The Morgan fingerprint density at radius 2 is 2.29 bits per heavy atom. The molecule has 0 aromatic heterocycles. The van der Waals surface area contributed by atoms with Gasteiger partial charge in [0.2, 0.25) is 5.91 Å². The molecule has 21 heavy (non-hydrogen) atoms. The molecule has 1 aromatic carbocycles. The molecule has 0 saturated carbocycles. The summed E-state index contributed by atoms with van der Waals surface area (Å²) in [7, 11) is 1.98. The zero-order valence-corrected chi connectivity index (χ0v) is 14.9. The topological polar surface area (TPSA) is 32.3 Å². The maximum Gasteiger partial charge on any atom is 0.223 e. The number of piperidine rings is 1. The summed E-state index contributed by atoms with van der Waals surface area (Å²) in [6.07, 6.45) is 2.99. The monoisotopic (exact) mass is 370 g/mol. The van der Waals surface area contributed by atoms with E-state index in [1.165, 1.54) is 11.3 Å².